The summed E-state index contributed by atoms with van der Waals surface area (Å²) in [5.41, 5.74) is 4.00. The van der Waals surface area contributed by atoms with Gasteiger partial charge < -0.3 is 0 Å². The van der Waals surface area contributed by atoms with E-state index in [-0.39, 0.29) is 0 Å². The standard InChI is InChI=1S/C18H15B.2CN.Ni/c1-4-10-16(11-5-1)19(17-12-6-2-7-13-17)18-14-8-3-9-15-18;2*1-2;/h1-15H;;;. The van der Waals surface area contributed by atoms with Gasteiger partial charge in [-0.25, -0.2) is 0 Å². The van der Waals surface area contributed by atoms with Crippen molar-refractivity contribution in [2.75, 3.05) is 0 Å². The van der Waals surface area contributed by atoms with Gasteiger partial charge in [-0.15, -0.1) is 0 Å². The van der Waals surface area contributed by atoms with Gasteiger partial charge in [0.1, 0.15) is 0 Å². The molecule has 0 heterocycles. The van der Waals surface area contributed by atoms with Gasteiger partial charge in [0.25, 0.3) is 0 Å². The molecule has 0 aliphatic rings. The summed E-state index contributed by atoms with van der Waals surface area (Å²) in [5.74, 6) is 0. The fourth-order valence-electron chi connectivity index (χ4n) is 2.53. The molecule has 0 fully saturated rings. The molecule has 0 N–H and O–H groups in total. The number of rotatable bonds is 3. The molecule has 4 heteroatoms. The van der Waals surface area contributed by atoms with Gasteiger partial charge in [0.15, 0.2) is 0 Å². The third-order valence-electron chi connectivity index (χ3n) is 3.47. The second kappa shape index (κ2) is 10.1. The number of hydrogen-bond donors (Lipinski definition) is 0. The van der Waals surface area contributed by atoms with Gasteiger partial charge in [0, 0.05) is 0 Å². The minimum Gasteiger partial charge on any atom is -0.0687 e. The maximum atomic E-state index is 7.57. The van der Waals surface area contributed by atoms with Crippen LogP contribution >= 0.6 is 0 Å². The summed E-state index contributed by atoms with van der Waals surface area (Å²) in [6.45, 7) is 0.309. The molecule has 3 aromatic rings. The van der Waals surface area contributed by atoms with Crippen molar-refractivity contribution in [3.05, 3.63) is 91.0 Å². The minimum absolute atomic E-state index is 0.309. The van der Waals surface area contributed by atoms with Crippen LogP contribution in [0.2, 0.25) is 0 Å². The zero-order valence-electron chi connectivity index (χ0n) is 12.9. The minimum atomic E-state index is 0.309. The van der Waals surface area contributed by atoms with E-state index in [0.717, 1.165) is 0 Å². The molecule has 0 radical (unpaired) electrons. The zero-order chi connectivity index (χ0) is 17.0. The van der Waals surface area contributed by atoms with Crippen molar-refractivity contribution >= 4 is 23.1 Å². The predicted octanol–water partition coefficient (Wildman–Crippen LogP) is 2.23. The van der Waals surface area contributed by atoms with Crippen molar-refractivity contribution in [1.29, 1.82) is 10.5 Å². The average Bonchev–Trinajstić information content (AvgIpc) is 2.66. The molecule has 0 aromatic heterocycles. The molecule has 0 atom stereocenters. The largest absolute Gasteiger partial charge is 0.241 e. The summed E-state index contributed by atoms with van der Waals surface area (Å²) < 4.78 is 0. The van der Waals surface area contributed by atoms with Crippen LogP contribution in [0.4, 0.5) is 0 Å². The van der Waals surface area contributed by atoms with Crippen LogP contribution in [-0.4, -0.2) is 6.71 Å². The first-order valence-corrected chi connectivity index (χ1v) is 8.35. The van der Waals surface area contributed by atoms with E-state index in [9.17, 15) is 0 Å². The maximum Gasteiger partial charge on any atom is 0.241 e. The van der Waals surface area contributed by atoms with Gasteiger partial charge in [-0.1, -0.05) is 107 Å². The SMILES string of the molecule is N#[C][Ni][C]#N.c1ccc(B(c2ccccc2)c2ccccc2)cc1. The molecule has 2 nitrogen and oxygen atoms in total. The average molecular weight is 353 g/mol. The molecule has 3 rings (SSSR count). The third kappa shape index (κ3) is 5.13. The molecular weight excluding hydrogens is 338 g/mol. The Morgan fingerprint density at radius 2 is 0.833 bits per heavy atom. The van der Waals surface area contributed by atoms with Crippen LogP contribution in [0.5, 0.6) is 0 Å². The molecule has 0 saturated carbocycles. The van der Waals surface area contributed by atoms with Gasteiger partial charge in [-0.3, -0.25) is 0 Å². The molecule has 0 spiro atoms. The van der Waals surface area contributed by atoms with E-state index in [1.165, 1.54) is 16.4 Å². The quantitative estimate of drug-likeness (QED) is 0.679. The van der Waals surface area contributed by atoms with Crippen molar-refractivity contribution in [2.45, 2.75) is 0 Å². The Balaban J connectivity index is 0.000000368. The van der Waals surface area contributed by atoms with Gasteiger partial charge in [0.05, 0.1) is 0 Å². The van der Waals surface area contributed by atoms with Crippen molar-refractivity contribution < 1.29 is 14.4 Å². The molecule has 0 amide bonds. The smallest absolute Gasteiger partial charge is 0.0687 e. The van der Waals surface area contributed by atoms with Crippen molar-refractivity contribution in [3.63, 3.8) is 0 Å². The van der Waals surface area contributed by atoms with Crippen LogP contribution in [0.3, 0.4) is 0 Å². The summed E-state index contributed by atoms with van der Waals surface area (Å²) in [5, 5.41) is 18.3. The van der Waals surface area contributed by atoms with Gasteiger partial charge in [0.2, 0.25) is 6.71 Å². The van der Waals surface area contributed by atoms with E-state index in [0.29, 0.717) is 21.2 Å². The Kier molecular flexibility index (Phi) is 7.36. The van der Waals surface area contributed by atoms with Crippen molar-refractivity contribution in [2.24, 2.45) is 0 Å². The summed E-state index contributed by atoms with van der Waals surface area (Å²) in [6, 6.07) is 32.0. The van der Waals surface area contributed by atoms with Crippen LogP contribution in [-0.2, 0) is 14.4 Å². The van der Waals surface area contributed by atoms with Gasteiger partial charge in [-0.05, 0) is 0 Å². The van der Waals surface area contributed by atoms with Crippen molar-refractivity contribution in [3.8, 4) is 10.1 Å². The molecular formula is C20H15BN2Ni. The second-order valence-electron chi connectivity index (χ2n) is 4.89. The van der Waals surface area contributed by atoms with Crippen LogP contribution in [0.15, 0.2) is 91.0 Å². The van der Waals surface area contributed by atoms with E-state index in [1.54, 1.807) is 10.1 Å². The second-order valence-corrected chi connectivity index (χ2v) is 5.57. The Hall–Kier alpha value is -2.80. The van der Waals surface area contributed by atoms with E-state index in [4.69, 9.17) is 10.5 Å². The normalized spacial score (nSPS) is 9.08. The van der Waals surface area contributed by atoms with Crippen LogP contribution in [0.25, 0.3) is 0 Å². The molecule has 118 valence electrons. The van der Waals surface area contributed by atoms with Crippen LogP contribution in [0, 0.1) is 20.6 Å². The van der Waals surface area contributed by atoms with E-state index >= 15 is 0 Å². The summed E-state index contributed by atoms with van der Waals surface area (Å²) in [6.07, 6.45) is 0. The molecule has 0 bridgehead atoms. The third-order valence-corrected chi connectivity index (χ3v) is 3.69. The summed E-state index contributed by atoms with van der Waals surface area (Å²) in [7, 11) is 0. The van der Waals surface area contributed by atoms with Crippen LogP contribution in [0.1, 0.15) is 0 Å². The Morgan fingerprint density at radius 3 is 1.04 bits per heavy atom. The van der Waals surface area contributed by atoms with Gasteiger partial charge in [-0.2, -0.15) is 0 Å². The Labute approximate surface area is 149 Å². The first-order chi connectivity index (χ1) is 11.9. The molecule has 0 aliphatic carbocycles. The van der Waals surface area contributed by atoms with Crippen LogP contribution < -0.4 is 16.4 Å². The Bertz CT molecular complexity index is 703. The maximum absolute atomic E-state index is 7.57. The fraction of sp³-hybridized carbons (Fsp3) is 0. The summed E-state index contributed by atoms with van der Waals surface area (Å²) >= 11 is 0.431. The van der Waals surface area contributed by atoms with Crippen molar-refractivity contribution in [1.82, 2.24) is 0 Å². The van der Waals surface area contributed by atoms with E-state index in [1.807, 2.05) is 0 Å². The first kappa shape index (κ1) is 17.6. The summed E-state index contributed by atoms with van der Waals surface area (Å²) in [4.78, 5) is 0. The molecule has 0 unspecified atom stereocenters. The topological polar surface area (TPSA) is 47.6 Å². The van der Waals surface area contributed by atoms with E-state index in [2.05, 4.69) is 91.0 Å². The fourth-order valence-corrected chi connectivity index (χ4v) is 2.58. The molecule has 0 aliphatic heterocycles. The zero-order valence-corrected chi connectivity index (χ0v) is 13.9. The predicted molar refractivity (Wildman–Crippen MR) is 95.2 cm³/mol. The molecule has 24 heavy (non-hydrogen) atoms. The van der Waals surface area contributed by atoms with E-state index < -0.39 is 0 Å². The van der Waals surface area contributed by atoms with Gasteiger partial charge >= 0.3 is 35.0 Å². The number of benzene rings is 3. The molecule has 0 saturated heterocycles. The molecule has 3 aromatic carbocycles. The monoisotopic (exact) mass is 352 g/mol. The number of hydrogen-bond acceptors (Lipinski definition) is 2. The number of nitrogens with zero attached hydrogens (tertiary/aromatic N) is 2. The number of nitriles is 2. The Morgan fingerprint density at radius 1 is 0.542 bits per heavy atom. The first-order valence-electron chi connectivity index (χ1n) is 7.36.